The average molecular weight is 365 g/mol. The molecule has 2 aromatic rings. The van der Waals surface area contributed by atoms with Gasteiger partial charge in [-0.15, -0.1) is 13.2 Å². The first-order valence-electron chi connectivity index (χ1n) is 9.76. The number of hydrogen-bond acceptors (Lipinski definition) is 2. The first-order valence-corrected chi connectivity index (χ1v) is 9.76. The Morgan fingerprint density at radius 2 is 1.07 bits per heavy atom. The molecule has 0 aliphatic carbocycles. The molecule has 27 heavy (non-hydrogen) atoms. The van der Waals surface area contributed by atoms with Crippen LogP contribution in [0.3, 0.4) is 0 Å². The van der Waals surface area contributed by atoms with Crippen molar-refractivity contribution in [2.75, 3.05) is 13.2 Å². The molecule has 0 saturated heterocycles. The van der Waals surface area contributed by atoms with Crippen molar-refractivity contribution >= 4 is 0 Å². The first kappa shape index (κ1) is 20.8. The molecule has 0 spiro atoms. The molecular formula is C25H32O2. The summed E-state index contributed by atoms with van der Waals surface area (Å²) in [5.41, 5.74) is 2.45. The summed E-state index contributed by atoms with van der Waals surface area (Å²) in [6, 6.07) is 16.9. The van der Waals surface area contributed by atoms with Crippen LogP contribution >= 0.6 is 0 Å². The van der Waals surface area contributed by atoms with Gasteiger partial charge in [-0.25, -0.2) is 0 Å². The molecular weight excluding hydrogens is 332 g/mol. The smallest absolute Gasteiger partial charge is 0.119 e. The predicted molar refractivity (Wildman–Crippen MR) is 115 cm³/mol. The van der Waals surface area contributed by atoms with E-state index in [1.54, 1.807) is 0 Å². The second-order valence-corrected chi connectivity index (χ2v) is 7.23. The van der Waals surface area contributed by atoms with Gasteiger partial charge in [0.15, 0.2) is 0 Å². The van der Waals surface area contributed by atoms with Crippen molar-refractivity contribution < 1.29 is 9.47 Å². The lowest BCUT2D eigenvalue weighted by Crippen LogP contribution is -2.18. The summed E-state index contributed by atoms with van der Waals surface area (Å²) in [7, 11) is 0. The van der Waals surface area contributed by atoms with E-state index < -0.39 is 0 Å². The zero-order valence-corrected chi connectivity index (χ0v) is 16.7. The van der Waals surface area contributed by atoms with Crippen LogP contribution in [0.15, 0.2) is 73.8 Å². The molecule has 2 nitrogen and oxygen atoms in total. The predicted octanol–water partition coefficient (Wildman–Crippen LogP) is 6.70. The highest BCUT2D eigenvalue weighted by molar-refractivity contribution is 5.41. The highest BCUT2D eigenvalue weighted by Gasteiger charge is 2.23. The number of allylic oxidation sites excluding steroid dienone is 2. The van der Waals surface area contributed by atoms with Gasteiger partial charge in [0.2, 0.25) is 0 Å². The lowest BCUT2D eigenvalue weighted by Gasteiger charge is -2.26. The Morgan fingerprint density at radius 1 is 0.704 bits per heavy atom. The summed E-state index contributed by atoms with van der Waals surface area (Å²) in [5.74, 6) is 1.84. The zero-order valence-electron chi connectivity index (χ0n) is 16.7. The van der Waals surface area contributed by atoms with Crippen LogP contribution < -0.4 is 9.47 Å². The molecule has 0 fully saturated rings. The van der Waals surface area contributed by atoms with Crippen LogP contribution in [0.1, 0.15) is 50.7 Å². The summed E-state index contributed by atoms with van der Waals surface area (Å²) in [6.07, 6.45) is 7.81. The van der Waals surface area contributed by atoms with Crippen LogP contribution in [0.25, 0.3) is 0 Å². The number of unbranched alkanes of at least 4 members (excludes halogenated alkanes) is 2. The standard InChI is InChI=1S/C25H32O2/c1-5-7-9-19-26-23-15-11-21(12-16-23)25(3,4)22-13-17-24(18-14-22)27-20-10-8-6-2/h5-6,11-18H,1-2,7-10,19-20H2,3-4H3. The Balaban J connectivity index is 1.97. The van der Waals surface area contributed by atoms with Crippen LogP contribution in [0, 0.1) is 0 Å². The molecule has 0 atom stereocenters. The normalized spacial score (nSPS) is 11.0. The molecule has 0 aliphatic heterocycles. The summed E-state index contributed by atoms with van der Waals surface area (Å²) in [5, 5.41) is 0. The summed E-state index contributed by atoms with van der Waals surface area (Å²) in [4.78, 5) is 0. The van der Waals surface area contributed by atoms with E-state index in [4.69, 9.17) is 9.47 Å². The quantitative estimate of drug-likeness (QED) is 0.308. The molecule has 2 rings (SSSR count). The van der Waals surface area contributed by atoms with Crippen molar-refractivity contribution in [3.05, 3.63) is 85.0 Å². The molecule has 144 valence electrons. The van der Waals surface area contributed by atoms with Gasteiger partial charge in [-0.3, -0.25) is 0 Å². The molecule has 2 aromatic carbocycles. The summed E-state index contributed by atoms with van der Waals surface area (Å²) < 4.78 is 11.6. The van der Waals surface area contributed by atoms with Crippen molar-refractivity contribution in [2.24, 2.45) is 0 Å². The molecule has 0 unspecified atom stereocenters. The van der Waals surface area contributed by atoms with Gasteiger partial charge in [0.05, 0.1) is 13.2 Å². The maximum absolute atomic E-state index is 5.78. The number of ether oxygens (including phenoxy) is 2. The molecule has 0 amide bonds. The number of benzene rings is 2. The lowest BCUT2D eigenvalue weighted by atomic mass is 9.78. The van der Waals surface area contributed by atoms with Gasteiger partial charge in [-0.1, -0.05) is 50.3 Å². The van der Waals surface area contributed by atoms with Crippen molar-refractivity contribution in [2.45, 2.75) is 44.9 Å². The molecule has 0 aromatic heterocycles. The van der Waals surface area contributed by atoms with Crippen molar-refractivity contribution in [1.82, 2.24) is 0 Å². The highest BCUT2D eigenvalue weighted by Crippen LogP contribution is 2.33. The van der Waals surface area contributed by atoms with Crippen LogP contribution in [-0.2, 0) is 5.41 Å². The van der Waals surface area contributed by atoms with Crippen LogP contribution in [0.2, 0.25) is 0 Å². The Kier molecular flexibility index (Phi) is 8.19. The molecule has 0 N–H and O–H groups in total. The molecule has 0 saturated carbocycles. The molecule has 2 heteroatoms. The van der Waals surface area contributed by atoms with Crippen LogP contribution in [-0.4, -0.2) is 13.2 Å². The van der Waals surface area contributed by atoms with Crippen LogP contribution in [0.4, 0.5) is 0 Å². The monoisotopic (exact) mass is 364 g/mol. The third kappa shape index (κ3) is 6.32. The van der Waals surface area contributed by atoms with Gasteiger partial charge in [-0.05, 0) is 61.1 Å². The fraction of sp³-hybridized carbons (Fsp3) is 0.360. The van der Waals surface area contributed by atoms with E-state index >= 15 is 0 Å². The maximum atomic E-state index is 5.78. The minimum atomic E-state index is -0.0806. The van der Waals surface area contributed by atoms with Gasteiger partial charge in [-0.2, -0.15) is 0 Å². The zero-order chi connectivity index (χ0) is 19.5. The fourth-order valence-electron chi connectivity index (χ4n) is 2.94. The Labute approximate surface area is 164 Å². The lowest BCUT2D eigenvalue weighted by molar-refractivity contribution is 0.312. The van der Waals surface area contributed by atoms with E-state index in [9.17, 15) is 0 Å². The van der Waals surface area contributed by atoms with E-state index in [2.05, 4.69) is 75.5 Å². The average Bonchev–Trinajstić information content (AvgIpc) is 2.69. The maximum Gasteiger partial charge on any atom is 0.119 e. The Bertz CT molecular complexity index is 635. The van der Waals surface area contributed by atoms with E-state index in [1.165, 1.54) is 11.1 Å². The first-order chi connectivity index (χ1) is 13.1. The number of rotatable bonds is 12. The third-order valence-corrected chi connectivity index (χ3v) is 4.79. The second-order valence-electron chi connectivity index (χ2n) is 7.23. The molecule has 0 aliphatic rings. The van der Waals surface area contributed by atoms with Crippen molar-refractivity contribution in [1.29, 1.82) is 0 Å². The van der Waals surface area contributed by atoms with Crippen molar-refractivity contribution in [3.8, 4) is 11.5 Å². The molecule has 0 radical (unpaired) electrons. The minimum absolute atomic E-state index is 0.0806. The van der Waals surface area contributed by atoms with Gasteiger partial charge < -0.3 is 9.47 Å². The van der Waals surface area contributed by atoms with E-state index in [1.807, 2.05) is 12.2 Å². The van der Waals surface area contributed by atoms with Crippen LogP contribution in [0.5, 0.6) is 11.5 Å². The van der Waals surface area contributed by atoms with Gasteiger partial charge in [0.1, 0.15) is 11.5 Å². The Hall–Kier alpha value is -2.48. The van der Waals surface area contributed by atoms with Crippen molar-refractivity contribution in [3.63, 3.8) is 0 Å². The SMILES string of the molecule is C=CCCCOc1ccc(C(C)(C)c2ccc(OCCCC=C)cc2)cc1. The van der Waals surface area contributed by atoms with Gasteiger partial charge in [0, 0.05) is 5.41 Å². The summed E-state index contributed by atoms with van der Waals surface area (Å²) >= 11 is 0. The topological polar surface area (TPSA) is 18.5 Å². The van der Waals surface area contributed by atoms with E-state index in [-0.39, 0.29) is 5.41 Å². The highest BCUT2D eigenvalue weighted by atomic mass is 16.5. The molecule has 0 bridgehead atoms. The minimum Gasteiger partial charge on any atom is -0.494 e. The molecule has 0 heterocycles. The second kappa shape index (κ2) is 10.6. The third-order valence-electron chi connectivity index (χ3n) is 4.79. The van der Waals surface area contributed by atoms with Gasteiger partial charge in [0.25, 0.3) is 0 Å². The largest absolute Gasteiger partial charge is 0.494 e. The number of hydrogen-bond donors (Lipinski definition) is 0. The van der Waals surface area contributed by atoms with Gasteiger partial charge >= 0.3 is 0 Å². The Morgan fingerprint density at radius 3 is 1.41 bits per heavy atom. The fourth-order valence-corrected chi connectivity index (χ4v) is 2.94. The van der Waals surface area contributed by atoms with E-state index in [0.29, 0.717) is 0 Å². The van der Waals surface area contributed by atoms with E-state index in [0.717, 1.165) is 50.4 Å². The summed E-state index contributed by atoms with van der Waals surface area (Å²) in [6.45, 7) is 13.4.